The minimum atomic E-state index is -0.462. The second-order valence-corrected chi connectivity index (χ2v) is 4.68. The Morgan fingerprint density at radius 1 is 1.33 bits per heavy atom. The van der Waals surface area contributed by atoms with E-state index in [9.17, 15) is 5.11 Å². The number of nitrogens with one attached hydrogen (secondary N) is 1. The van der Waals surface area contributed by atoms with E-state index in [4.69, 9.17) is 9.47 Å². The Balaban J connectivity index is 1.87. The molecule has 0 radical (unpaired) electrons. The molecule has 1 aromatic carbocycles. The molecule has 2 rings (SSSR count). The van der Waals surface area contributed by atoms with E-state index in [2.05, 4.69) is 19.2 Å². The number of ether oxygens (including phenoxy) is 2. The van der Waals surface area contributed by atoms with E-state index >= 15 is 0 Å². The van der Waals surface area contributed by atoms with E-state index in [1.807, 2.05) is 18.2 Å². The number of rotatable bonds is 6. The Bertz CT molecular complexity index is 395. The maximum atomic E-state index is 10.1. The van der Waals surface area contributed by atoms with Crippen LogP contribution >= 0.6 is 0 Å². The van der Waals surface area contributed by atoms with Crippen molar-refractivity contribution in [2.75, 3.05) is 13.3 Å². The average molecular weight is 251 g/mol. The monoisotopic (exact) mass is 251 g/mol. The highest BCUT2D eigenvalue weighted by molar-refractivity contribution is 5.45. The number of aliphatic hydroxyl groups excluding tert-OH is 1. The zero-order valence-corrected chi connectivity index (χ0v) is 11.0. The lowest BCUT2D eigenvalue weighted by atomic mass is 10.1. The summed E-state index contributed by atoms with van der Waals surface area (Å²) in [6.07, 6.45) is 1.33. The second-order valence-electron chi connectivity index (χ2n) is 4.68. The Labute approximate surface area is 108 Å². The molecule has 1 aliphatic heterocycles. The van der Waals surface area contributed by atoms with Crippen LogP contribution in [0.1, 0.15) is 38.4 Å². The Morgan fingerprint density at radius 2 is 2.11 bits per heavy atom. The average Bonchev–Trinajstić information content (AvgIpc) is 2.85. The molecular formula is C14H21NO3. The summed E-state index contributed by atoms with van der Waals surface area (Å²) < 4.78 is 10.5. The topological polar surface area (TPSA) is 50.7 Å². The molecule has 2 N–H and O–H groups in total. The molecule has 1 heterocycles. The van der Waals surface area contributed by atoms with Gasteiger partial charge in [0.25, 0.3) is 0 Å². The van der Waals surface area contributed by atoms with Gasteiger partial charge in [0.05, 0.1) is 6.10 Å². The van der Waals surface area contributed by atoms with E-state index in [0.717, 1.165) is 30.0 Å². The van der Waals surface area contributed by atoms with Crippen molar-refractivity contribution in [2.45, 2.75) is 38.8 Å². The quantitative estimate of drug-likeness (QED) is 0.814. The van der Waals surface area contributed by atoms with Crippen LogP contribution in [0.25, 0.3) is 0 Å². The van der Waals surface area contributed by atoms with Crippen LogP contribution in [0.2, 0.25) is 0 Å². The fourth-order valence-corrected chi connectivity index (χ4v) is 1.90. The van der Waals surface area contributed by atoms with E-state index in [1.54, 1.807) is 0 Å². The van der Waals surface area contributed by atoms with Crippen molar-refractivity contribution in [2.24, 2.45) is 0 Å². The van der Waals surface area contributed by atoms with Crippen molar-refractivity contribution in [3.63, 3.8) is 0 Å². The van der Waals surface area contributed by atoms with Gasteiger partial charge in [0, 0.05) is 6.04 Å². The zero-order chi connectivity index (χ0) is 13.0. The van der Waals surface area contributed by atoms with Crippen molar-refractivity contribution in [3.05, 3.63) is 23.8 Å². The van der Waals surface area contributed by atoms with E-state index in [0.29, 0.717) is 12.5 Å². The molecule has 0 bridgehead atoms. The van der Waals surface area contributed by atoms with Crippen LogP contribution < -0.4 is 14.8 Å². The van der Waals surface area contributed by atoms with Gasteiger partial charge in [0.1, 0.15) is 0 Å². The summed E-state index contributed by atoms with van der Waals surface area (Å²) in [5, 5.41) is 13.5. The Kier molecular flexibility index (Phi) is 4.44. The normalized spacial score (nSPS) is 16.6. The van der Waals surface area contributed by atoms with Crippen molar-refractivity contribution in [3.8, 4) is 11.5 Å². The summed E-state index contributed by atoms with van der Waals surface area (Å²) in [5.41, 5.74) is 0.880. The van der Waals surface area contributed by atoms with Gasteiger partial charge in [-0.15, -0.1) is 0 Å². The molecule has 0 aromatic heterocycles. The zero-order valence-electron chi connectivity index (χ0n) is 11.0. The second kappa shape index (κ2) is 6.07. The molecule has 0 spiro atoms. The summed E-state index contributed by atoms with van der Waals surface area (Å²) in [5.74, 6) is 1.48. The van der Waals surface area contributed by atoms with Crippen molar-refractivity contribution >= 4 is 0 Å². The van der Waals surface area contributed by atoms with Gasteiger partial charge in [-0.2, -0.15) is 0 Å². The van der Waals surface area contributed by atoms with Crippen LogP contribution in [0.15, 0.2) is 18.2 Å². The van der Waals surface area contributed by atoms with Gasteiger partial charge in [-0.25, -0.2) is 0 Å². The predicted octanol–water partition coefficient (Wildman–Crippen LogP) is 2.23. The van der Waals surface area contributed by atoms with Gasteiger partial charge < -0.3 is 19.9 Å². The first kappa shape index (κ1) is 13.2. The van der Waals surface area contributed by atoms with Crippen LogP contribution in [0.5, 0.6) is 11.5 Å². The van der Waals surface area contributed by atoms with Gasteiger partial charge in [0.15, 0.2) is 11.5 Å². The number of aliphatic hydroxyl groups is 1. The lowest BCUT2D eigenvalue weighted by Gasteiger charge is -2.15. The third-order valence-electron chi connectivity index (χ3n) is 3.30. The molecule has 2 unspecified atom stereocenters. The van der Waals surface area contributed by atoms with Crippen molar-refractivity contribution < 1.29 is 14.6 Å². The first-order valence-corrected chi connectivity index (χ1v) is 6.51. The molecule has 0 aliphatic carbocycles. The molecule has 0 fully saturated rings. The number of hydrogen-bond donors (Lipinski definition) is 2. The number of benzene rings is 1. The van der Waals surface area contributed by atoms with E-state index < -0.39 is 6.10 Å². The van der Waals surface area contributed by atoms with Crippen LogP contribution in [0.4, 0.5) is 0 Å². The summed E-state index contributed by atoms with van der Waals surface area (Å²) >= 11 is 0. The van der Waals surface area contributed by atoms with Crippen molar-refractivity contribution in [1.29, 1.82) is 0 Å². The standard InChI is InChI=1S/C14H21NO3/c1-3-10(2)15-7-6-12(16)11-4-5-13-14(8-11)18-9-17-13/h4-5,8,10,12,15-16H,3,6-7,9H2,1-2H3. The maximum absolute atomic E-state index is 10.1. The fraction of sp³-hybridized carbons (Fsp3) is 0.571. The lowest BCUT2D eigenvalue weighted by Crippen LogP contribution is -2.27. The van der Waals surface area contributed by atoms with E-state index in [-0.39, 0.29) is 6.79 Å². The van der Waals surface area contributed by atoms with Gasteiger partial charge in [0.2, 0.25) is 6.79 Å². The van der Waals surface area contributed by atoms with Crippen molar-refractivity contribution in [1.82, 2.24) is 5.32 Å². The minimum Gasteiger partial charge on any atom is -0.454 e. The number of hydrogen-bond acceptors (Lipinski definition) is 4. The van der Waals surface area contributed by atoms with Gasteiger partial charge in [-0.05, 0) is 44.0 Å². The summed E-state index contributed by atoms with van der Waals surface area (Å²) in [7, 11) is 0. The molecule has 0 saturated carbocycles. The SMILES string of the molecule is CCC(C)NCCC(O)c1ccc2c(c1)OCO2. The Morgan fingerprint density at radius 3 is 2.89 bits per heavy atom. The Hall–Kier alpha value is -1.26. The van der Waals surface area contributed by atoms with E-state index in [1.165, 1.54) is 0 Å². The molecular weight excluding hydrogens is 230 g/mol. The first-order valence-electron chi connectivity index (χ1n) is 6.51. The smallest absolute Gasteiger partial charge is 0.231 e. The lowest BCUT2D eigenvalue weighted by molar-refractivity contribution is 0.164. The molecule has 1 aliphatic rings. The van der Waals surface area contributed by atoms with Gasteiger partial charge in [-0.3, -0.25) is 0 Å². The third kappa shape index (κ3) is 3.15. The fourth-order valence-electron chi connectivity index (χ4n) is 1.90. The van der Waals surface area contributed by atoms with Crippen LogP contribution in [0, 0.1) is 0 Å². The van der Waals surface area contributed by atoms with Crippen LogP contribution in [-0.2, 0) is 0 Å². The summed E-state index contributed by atoms with van der Waals surface area (Å²) in [6, 6.07) is 6.09. The molecule has 2 atom stereocenters. The van der Waals surface area contributed by atoms with Gasteiger partial charge >= 0.3 is 0 Å². The molecule has 100 valence electrons. The maximum Gasteiger partial charge on any atom is 0.231 e. The third-order valence-corrected chi connectivity index (χ3v) is 3.30. The largest absolute Gasteiger partial charge is 0.454 e. The highest BCUT2D eigenvalue weighted by Crippen LogP contribution is 2.34. The minimum absolute atomic E-state index is 0.268. The summed E-state index contributed by atoms with van der Waals surface area (Å²) in [4.78, 5) is 0. The molecule has 4 heteroatoms. The highest BCUT2D eigenvalue weighted by atomic mass is 16.7. The molecule has 4 nitrogen and oxygen atoms in total. The highest BCUT2D eigenvalue weighted by Gasteiger charge is 2.16. The van der Waals surface area contributed by atoms with Crippen LogP contribution in [-0.4, -0.2) is 24.5 Å². The molecule has 0 amide bonds. The van der Waals surface area contributed by atoms with Gasteiger partial charge in [-0.1, -0.05) is 13.0 Å². The first-order chi connectivity index (χ1) is 8.70. The molecule has 0 saturated heterocycles. The number of fused-ring (bicyclic) bond motifs is 1. The molecule has 1 aromatic rings. The predicted molar refractivity (Wildman–Crippen MR) is 69.9 cm³/mol. The van der Waals surface area contributed by atoms with Crippen LogP contribution in [0.3, 0.4) is 0 Å². The molecule has 18 heavy (non-hydrogen) atoms. The summed E-state index contributed by atoms with van der Waals surface area (Å²) in [6.45, 7) is 5.37.